The number of ether oxygens (including phenoxy) is 5. The molecule has 0 aromatic heterocycles. The van der Waals surface area contributed by atoms with Gasteiger partial charge in [-0.3, -0.25) is 4.79 Å². The van der Waals surface area contributed by atoms with E-state index in [4.69, 9.17) is 23.7 Å². The number of methoxy groups -OCH3 is 1. The molecule has 1 aliphatic heterocycles. The summed E-state index contributed by atoms with van der Waals surface area (Å²) in [5.41, 5.74) is 1.62. The first kappa shape index (κ1) is 28.9. The van der Waals surface area contributed by atoms with E-state index in [2.05, 4.69) is 0 Å². The zero-order valence-electron chi connectivity index (χ0n) is 22.8. The second-order valence-electron chi connectivity index (χ2n) is 10.4. The highest BCUT2D eigenvalue weighted by atomic mass is 16.7. The van der Waals surface area contributed by atoms with Crippen molar-refractivity contribution in [1.82, 2.24) is 0 Å². The van der Waals surface area contributed by atoms with Gasteiger partial charge in [0.2, 0.25) is 0 Å². The Labute approximate surface area is 230 Å². The molecule has 0 radical (unpaired) electrons. The number of benzene rings is 3. The SMILES string of the molecule is COC(=O)C(C)(C)[C@]1(O)C[C@@H](OCc2ccccc2)[C@H](OCc2ccccc2)[C@@H](COCc2ccccc2)O1. The monoisotopic (exact) mass is 534 g/mol. The van der Waals surface area contributed by atoms with Gasteiger partial charge in [-0.2, -0.15) is 0 Å². The molecule has 0 amide bonds. The van der Waals surface area contributed by atoms with Crippen LogP contribution in [0.1, 0.15) is 37.0 Å². The minimum atomic E-state index is -1.88. The highest BCUT2D eigenvalue weighted by molar-refractivity contribution is 5.77. The fourth-order valence-corrected chi connectivity index (χ4v) is 4.72. The molecule has 3 aromatic carbocycles. The largest absolute Gasteiger partial charge is 0.468 e. The molecular weight excluding hydrogens is 496 g/mol. The molecule has 1 aliphatic rings. The predicted molar refractivity (Wildman–Crippen MR) is 146 cm³/mol. The van der Waals surface area contributed by atoms with Gasteiger partial charge in [-0.25, -0.2) is 0 Å². The summed E-state index contributed by atoms with van der Waals surface area (Å²) in [6, 6.07) is 29.4. The van der Waals surface area contributed by atoms with E-state index >= 15 is 0 Å². The van der Waals surface area contributed by atoms with Gasteiger partial charge >= 0.3 is 5.97 Å². The molecule has 1 heterocycles. The highest BCUT2D eigenvalue weighted by Crippen LogP contribution is 2.43. The van der Waals surface area contributed by atoms with Crippen LogP contribution in [0.15, 0.2) is 91.0 Å². The minimum absolute atomic E-state index is 0.0105. The van der Waals surface area contributed by atoms with Gasteiger partial charge in [0, 0.05) is 6.42 Å². The van der Waals surface area contributed by atoms with Crippen LogP contribution >= 0.6 is 0 Å². The van der Waals surface area contributed by atoms with Crippen LogP contribution in [0.25, 0.3) is 0 Å². The third kappa shape index (κ3) is 7.32. The van der Waals surface area contributed by atoms with E-state index in [0.29, 0.717) is 19.8 Å². The summed E-state index contributed by atoms with van der Waals surface area (Å²) in [6.45, 7) is 4.34. The quantitative estimate of drug-likeness (QED) is 0.326. The van der Waals surface area contributed by atoms with Gasteiger partial charge in [-0.1, -0.05) is 91.0 Å². The van der Waals surface area contributed by atoms with Gasteiger partial charge in [0.05, 0.1) is 39.6 Å². The molecule has 1 saturated heterocycles. The van der Waals surface area contributed by atoms with Crippen LogP contribution in [0.3, 0.4) is 0 Å². The van der Waals surface area contributed by atoms with Crippen molar-refractivity contribution in [3.8, 4) is 0 Å². The molecule has 0 spiro atoms. The summed E-state index contributed by atoms with van der Waals surface area (Å²) in [4.78, 5) is 12.8. The maximum absolute atomic E-state index is 12.8. The number of carbonyl (C=O) groups is 1. The van der Waals surface area contributed by atoms with Crippen molar-refractivity contribution in [2.75, 3.05) is 13.7 Å². The lowest BCUT2D eigenvalue weighted by atomic mass is 9.77. The van der Waals surface area contributed by atoms with Gasteiger partial charge in [0.1, 0.15) is 17.6 Å². The van der Waals surface area contributed by atoms with Crippen LogP contribution in [0.2, 0.25) is 0 Å². The van der Waals surface area contributed by atoms with Crippen LogP contribution < -0.4 is 0 Å². The normalized spacial score (nSPS) is 23.3. The molecule has 1 N–H and O–H groups in total. The lowest BCUT2D eigenvalue weighted by Gasteiger charge is -2.50. The van der Waals surface area contributed by atoms with Crippen LogP contribution in [-0.2, 0) is 48.3 Å². The molecule has 0 bridgehead atoms. The van der Waals surface area contributed by atoms with Crippen molar-refractivity contribution in [3.63, 3.8) is 0 Å². The molecule has 4 rings (SSSR count). The topological polar surface area (TPSA) is 83.5 Å². The Morgan fingerprint density at radius 1 is 0.846 bits per heavy atom. The third-order valence-corrected chi connectivity index (χ3v) is 7.22. The van der Waals surface area contributed by atoms with Crippen molar-refractivity contribution in [1.29, 1.82) is 0 Å². The van der Waals surface area contributed by atoms with Gasteiger partial charge < -0.3 is 28.8 Å². The Hall–Kier alpha value is -3.07. The summed E-state index contributed by atoms with van der Waals surface area (Å²) >= 11 is 0. The highest BCUT2D eigenvalue weighted by Gasteiger charge is 2.58. The maximum atomic E-state index is 12.8. The zero-order valence-corrected chi connectivity index (χ0v) is 22.8. The molecule has 208 valence electrons. The van der Waals surface area contributed by atoms with Gasteiger partial charge in [-0.05, 0) is 30.5 Å². The van der Waals surface area contributed by atoms with E-state index in [9.17, 15) is 9.90 Å². The van der Waals surface area contributed by atoms with E-state index in [-0.39, 0.29) is 13.0 Å². The van der Waals surface area contributed by atoms with Crippen LogP contribution in [0.5, 0.6) is 0 Å². The van der Waals surface area contributed by atoms with Crippen LogP contribution in [0, 0.1) is 5.41 Å². The summed E-state index contributed by atoms with van der Waals surface area (Å²) < 4.78 is 30.2. The predicted octanol–water partition coefficient (Wildman–Crippen LogP) is 5.05. The number of aliphatic hydroxyl groups is 1. The Morgan fingerprint density at radius 3 is 1.85 bits per heavy atom. The fraction of sp³-hybridized carbons (Fsp3) is 0.406. The zero-order chi connectivity index (χ0) is 27.7. The first-order valence-electron chi connectivity index (χ1n) is 13.2. The van der Waals surface area contributed by atoms with E-state index < -0.39 is 35.5 Å². The molecule has 3 aromatic rings. The van der Waals surface area contributed by atoms with E-state index in [1.165, 1.54) is 7.11 Å². The smallest absolute Gasteiger partial charge is 0.316 e. The Morgan fingerprint density at radius 2 is 1.33 bits per heavy atom. The molecule has 0 aliphatic carbocycles. The summed E-state index contributed by atoms with van der Waals surface area (Å²) in [5, 5.41) is 11.8. The van der Waals surface area contributed by atoms with Crippen molar-refractivity contribution >= 4 is 5.97 Å². The number of esters is 1. The number of hydrogen-bond donors (Lipinski definition) is 1. The summed E-state index contributed by atoms with van der Waals surface area (Å²) in [7, 11) is 1.30. The van der Waals surface area contributed by atoms with Crippen LogP contribution in [-0.4, -0.2) is 48.9 Å². The first-order chi connectivity index (χ1) is 18.8. The molecule has 4 atom stereocenters. The minimum Gasteiger partial charge on any atom is -0.468 e. The molecular formula is C32H38O7. The number of hydrogen-bond acceptors (Lipinski definition) is 7. The Balaban J connectivity index is 1.60. The molecule has 0 unspecified atom stereocenters. The molecule has 7 heteroatoms. The Kier molecular flexibility index (Phi) is 9.88. The lowest BCUT2D eigenvalue weighted by molar-refractivity contribution is -0.351. The van der Waals surface area contributed by atoms with Crippen LogP contribution in [0.4, 0.5) is 0 Å². The van der Waals surface area contributed by atoms with Crippen molar-refractivity contribution in [3.05, 3.63) is 108 Å². The van der Waals surface area contributed by atoms with E-state index in [0.717, 1.165) is 16.7 Å². The van der Waals surface area contributed by atoms with Crippen molar-refractivity contribution in [2.45, 2.75) is 64.2 Å². The Bertz CT molecular complexity index is 1150. The van der Waals surface area contributed by atoms with Gasteiger partial charge in [-0.15, -0.1) is 0 Å². The molecule has 39 heavy (non-hydrogen) atoms. The van der Waals surface area contributed by atoms with E-state index in [1.807, 2.05) is 91.0 Å². The summed E-state index contributed by atoms with van der Waals surface area (Å²) in [5.74, 6) is -2.46. The summed E-state index contributed by atoms with van der Waals surface area (Å²) in [6.07, 6.45) is -1.88. The first-order valence-corrected chi connectivity index (χ1v) is 13.2. The molecule has 1 fully saturated rings. The maximum Gasteiger partial charge on any atom is 0.316 e. The van der Waals surface area contributed by atoms with Gasteiger partial charge in [0.25, 0.3) is 0 Å². The van der Waals surface area contributed by atoms with Crippen molar-refractivity contribution < 1.29 is 33.6 Å². The lowest BCUT2D eigenvalue weighted by Crippen LogP contribution is -2.64. The van der Waals surface area contributed by atoms with Gasteiger partial charge in [0.15, 0.2) is 5.79 Å². The second kappa shape index (κ2) is 13.3. The second-order valence-corrected chi connectivity index (χ2v) is 10.4. The fourth-order valence-electron chi connectivity index (χ4n) is 4.72. The molecule has 0 saturated carbocycles. The van der Waals surface area contributed by atoms with Crippen molar-refractivity contribution in [2.24, 2.45) is 5.41 Å². The van der Waals surface area contributed by atoms with E-state index in [1.54, 1.807) is 13.8 Å². The third-order valence-electron chi connectivity index (χ3n) is 7.22. The number of rotatable bonds is 12. The molecule has 7 nitrogen and oxygen atoms in total. The standard InChI is InChI=1S/C32H38O7/c1-31(2,30(33)35-3)32(34)19-27(37-21-25-15-9-5-10-16-25)29(38-22-26-17-11-6-12-18-26)28(39-32)23-36-20-24-13-7-4-8-14-24/h4-18,27-29,34H,19-23H2,1-3H3/t27-,28-,29+,32+/m1/s1. The average molecular weight is 535 g/mol. The number of carbonyl (C=O) groups excluding carboxylic acids is 1. The average Bonchev–Trinajstić information content (AvgIpc) is 2.96.